The zero-order valence-corrected chi connectivity index (χ0v) is 18.8. The van der Waals surface area contributed by atoms with Crippen LogP contribution in [0.2, 0.25) is 5.02 Å². The van der Waals surface area contributed by atoms with E-state index in [0.29, 0.717) is 34.2 Å². The largest absolute Gasteiger partial charge is 0.329 e. The van der Waals surface area contributed by atoms with Crippen LogP contribution in [0.15, 0.2) is 53.7 Å². The number of nitrogens with one attached hydrogen (secondary N) is 1. The first-order valence-corrected chi connectivity index (χ1v) is 11.3. The van der Waals surface area contributed by atoms with Gasteiger partial charge in [0.05, 0.1) is 12.2 Å². The summed E-state index contributed by atoms with van der Waals surface area (Å²) in [5.41, 5.74) is 3.08. The third kappa shape index (κ3) is 4.45. The number of hydrogen-bond acceptors (Lipinski definition) is 5. The zero-order valence-electron chi connectivity index (χ0n) is 17.2. The Balaban J connectivity index is 1.70. The third-order valence-electron chi connectivity index (χ3n) is 5.02. The molecule has 0 atom stereocenters. The minimum absolute atomic E-state index is 0.0577. The Morgan fingerprint density at radius 3 is 2.52 bits per heavy atom. The van der Waals surface area contributed by atoms with Crippen molar-refractivity contribution in [3.05, 3.63) is 59.1 Å². The Hall–Kier alpha value is -2.84. The van der Waals surface area contributed by atoms with Crippen molar-refractivity contribution >= 4 is 35.3 Å². The molecule has 0 spiro atoms. The molecule has 2 aromatic carbocycles. The van der Waals surface area contributed by atoms with Crippen molar-refractivity contribution in [1.82, 2.24) is 25.0 Å². The Bertz CT molecular complexity index is 1100. The van der Waals surface area contributed by atoms with Crippen LogP contribution in [0.1, 0.15) is 25.3 Å². The average molecular weight is 456 g/mol. The molecule has 0 aliphatic carbocycles. The fourth-order valence-electron chi connectivity index (χ4n) is 3.46. The molecule has 1 aliphatic rings. The van der Waals surface area contributed by atoms with Crippen LogP contribution in [-0.4, -0.2) is 50.4 Å². The van der Waals surface area contributed by atoms with Gasteiger partial charge in [-0.1, -0.05) is 55.4 Å². The molecule has 1 aliphatic heterocycles. The monoisotopic (exact) mass is 455 g/mol. The third-order valence-corrected chi connectivity index (χ3v) is 6.18. The predicted octanol–water partition coefficient (Wildman–Crippen LogP) is 4.36. The molecule has 1 saturated heterocycles. The van der Waals surface area contributed by atoms with Gasteiger partial charge in [-0.25, -0.2) is 4.79 Å². The average Bonchev–Trinajstić information content (AvgIpc) is 3.32. The molecule has 1 aromatic heterocycles. The van der Waals surface area contributed by atoms with Crippen molar-refractivity contribution in [2.75, 3.05) is 18.8 Å². The number of urea groups is 1. The van der Waals surface area contributed by atoms with Crippen molar-refractivity contribution in [2.45, 2.75) is 24.9 Å². The number of aromatic nitrogens is 3. The van der Waals surface area contributed by atoms with E-state index in [-0.39, 0.29) is 18.5 Å². The van der Waals surface area contributed by atoms with Gasteiger partial charge >= 0.3 is 6.03 Å². The van der Waals surface area contributed by atoms with Crippen LogP contribution >= 0.6 is 23.4 Å². The van der Waals surface area contributed by atoms with Gasteiger partial charge in [0.15, 0.2) is 11.0 Å². The van der Waals surface area contributed by atoms with Crippen molar-refractivity contribution in [3.8, 4) is 17.1 Å². The van der Waals surface area contributed by atoms with Crippen molar-refractivity contribution in [2.24, 2.45) is 0 Å². The van der Waals surface area contributed by atoms with Gasteiger partial charge in [0.1, 0.15) is 0 Å². The molecule has 0 unspecified atom stereocenters. The van der Waals surface area contributed by atoms with Crippen LogP contribution in [0.25, 0.3) is 17.1 Å². The smallest absolute Gasteiger partial charge is 0.324 e. The standard InChI is InChI=1S/C22H22ClN5O2S/c1-14(2)17-5-3-4-6-18(17)28-20(15-7-9-16(23)10-8-15)25-26-22(28)31-12-11-27-19(29)13-24-21(27)30/h3-10,14H,11-13H2,1-2H3,(H,24,30). The highest BCUT2D eigenvalue weighted by Crippen LogP contribution is 2.32. The summed E-state index contributed by atoms with van der Waals surface area (Å²) in [7, 11) is 0. The van der Waals surface area contributed by atoms with E-state index in [1.165, 1.54) is 22.2 Å². The van der Waals surface area contributed by atoms with E-state index < -0.39 is 0 Å². The van der Waals surface area contributed by atoms with E-state index in [2.05, 4.69) is 41.5 Å². The second-order valence-electron chi connectivity index (χ2n) is 7.41. The molecule has 3 aromatic rings. The molecule has 3 amide bonds. The predicted molar refractivity (Wildman–Crippen MR) is 122 cm³/mol. The number of rotatable bonds is 7. The van der Waals surface area contributed by atoms with Crippen LogP contribution in [0, 0.1) is 0 Å². The molecule has 1 N–H and O–H groups in total. The molecular formula is C22H22ClN5O2S. The number of carbonyl (C=O) groups is 2. The van der Waals surface area contributed by atoms with Crippen molar-refractivity contribution < 1.29 is 9.59 Å². The van der Waals surface area contributed by atoms with Gasteiger partial charge in [-0.3, -0.25) is 14.3 Å². The molecule has 9 heteroatoms. The summed E-state index contributed by atoms with van der Waals surface area (Å²) in [5.74, 6) is 1.32. The molecule has 4 rings (SSSR count). The molecule has 7 nitrogen and oxygen atoms in total. The van der Waals surface area contributed by atoms with Gasteiger partial charge in [-0.2, -0.15) is 0 Å². The molecule has 0 saturated carbocycles. The maximum atomic E-state index is 11.8. The van der Waals surface area contributed by atoms with Crippen LogP contribution in [0.5, 0.6) is 0 Å². The quantitative estimate of drug-likeness (QED) is 0.423. The Morgan fingerprint density at radius 2 is 1.84 bits per heavy atom. The second-order valence-corrected chi connectivity index (χ2v) is 8.91. The van der Waals surface area contributed by atoms with Crippen LogP contribution in [0.3, 0.4) is 0 Å². The van der Waals surface area contributed by atoms with Gasteiger partial charge in [0.25, 0.3) is 0 Å². The number of nitrogens with zero attached hydrogens (tertiary/aromatic N) is 4. The van der Waals surface area contributed by atoms with E-state index in [4.69, 9.17) is 11.6 Å². The fourth-order valence-corrected chi connectivity index (χ4v) is 4.45. The summed E-state index contributed by atoms with van der Waals surface area (Å²) in [6, 6.07) is 15.3. The Kier molecular flexibility index (Phi) is 6.29. The fraction of sp³-hybridized carbons (Fsp3) is 0.273. The SMILES string of the molecule is CC(C)c1ccccc1-n1c(SCCN2C(=O)CNC2=O)nnc1-c1ccc(Cl)cc1. The molecular weight excluding hydrogens is 434 g/mol. The van der Waals surface area contributed by atoms with Crippen LogP contribution in [-0.2, 0) is 4.79 Å². The molecule has 160 valence electrons. The lowest BCUT2D eigenvalue weighted by Gasteiger charge is -2.17. The molecule has 2 heterocycles. The summed E-state index contributed by atoms with van der Waals surface area (Å²) >= 11 is 7.53. The number of thioether (sulfide) groups is 1. The first-order valence-electron chi connectivity index (χ1n) is 9.97. The lowest BCUT2D eigenvalue weighted by Crippen LogP contribution is -2.32. The lowest BCUT2D eigenvalue weighted by molar-refractivity contribution is -0.124. The number of halogens is 1. The summed E-state index contributed by atoms with van der Waals surface area (Å²) in [5, 5.41) is 12.8. The zero-order chi connectivity index (χ0) is 22.0. The normalized spacial score (nSPS) is 13.9. The molecule has 0 radical (unpaired) electrons. The lowest BCUT2D eigenvalue weighted by atomic mass is 10.0. The molecule has 1 fully saturated rings. The van der Waals surface area contributed by atoms with E-state index in [1.54, 1.807) is 0 Å². The summed E-state index contributed by atoms with van der Waals surface area (Å²) in [4.78, 5) is 24.9. The number of benzene rings is 2. The van der Waals surface area contributed by atoms with E-state index >= 15 is 0 Å². The minimum atomic E-state index is -0.348. The van der Waals surface area contributed by atoms with Gasteiger partial charge in [0, 0.05) is 22.9 Å². The Morgan fingerprint density at radius 1 is 1.10 bits per heavy atom. The molecule has 0 bridgehead atoms. The topological polar surface area (TPSA) is 80.1 Å². The highest BCUT2D eigenvalue weighted by atomic mass is 35.5. The van der Waals surface area contributed by atoms with Gasteiger partial charge in [-0.05, 0) is 41.8 Å². The van der Waals surface area contributed by atoms with Crippen LogP contribution < -0.4 is 5.32 Å². The van der Waals surface area contributed by atoms with Gasteiger partial charge in [0.2, 0.25) is 5.91 Å². The number of para-hydroxylation sites is 1. The minimum Gasteiger partial charge on any atom is -0.329 e. The summed E-state index contributed by atoms with van der Waals surface area (Å²) in [6.45, 7) is 4.66. The van der Waals surface area contributed by atoms with E-state index in [9.17, 15) is 9.59 Å². The van der Waals surface area contributed by atoms with Crippen LogP contribution in [0.4, 0.5) is 4.79 Å². The number of amides is 3. The van der Waals surface area contributed by atoms with E-state index in [1.807, 2.05) is 41.0 Å². The number of imide groups is 1. The Labute approximate surface area is 189 Å². The summed E-state index contributed by atoms with van der Waals surface area (Å²) in [6.07, 6.45) is 0. The van der Waals surface area contributed by atoms with Gasteiger partial charge in [-0.15, -0.1) is 10.2 Å². The van der Waals surface area contributed by atoms with Crippen molar-refractivity contribution in [1.29, 1.82) is 0 Å². The van der Waals surface area contributed by atoms with E-state index in [0.717, 1.165) is 11.3 Å². The highest BCUT2D eigenvalue weighted by molar-refractivity contribution is 7.99. The number of hydrogen-bond donors (Lipinski definition) is 1. The first kappa shape index (κ1) is 21.4. The highest BCUT2D eigenvalue weighted by Gasteiger charge is 2.28. The maximum Gasteiger partial charge on any atom is 0.324 e. The maximum absolute atomic E-state index is 11.8. The van der Waals surface area contributed by atoms with Gasteiger partial charge < -0.3 is 5.32 Å². The second kappa shape index (κ2) is 9.11. The van der Waals surface area contributed by atoms with Crippen molar-refractivity contribution in [3.63, 3.8) is 0 Å². The summed E-state index contributed by atoms with van der Waals surface area (Å²) < 4.78 is 2.04. The molecule has 31 heavy (non-hydrogen) atoms. The first-order chi connectivity index (χ1) is 15.0. The number of carbonyl (C=O) groups excluding carboxylic acids is 2.